The number of aromatic nitrogens is 1. The summed E-state index contributed by atoms with van der Waals surface area (Å²) in [4.78, 5) is 27.9. The van der Waals surface area contributed by atoms with Crippen LogP contribution in [0.5, 0.6) is 0 Å². The number of para-hydroxylation sites is 1. The van der Waals surface area contributed by atoms with Crippen LogP contribution in [-0.2, 0) is 0 Å². The molecule has 1 atom stereocenters. The van der Waals surface area contributed by atoms with Crippen LogP contribution >= 0.6 is 15.9 Å². The number of amides is 1. The summed E-state index contributed by atoms with van der Waals surface area (Å²) in [5, 5.41) is 3.37. The number of carbonyl (C=O) groups excluding carboxylic acids is 1. The maximum Gasteiger partial charge on any atom is 0.257 e. The van der Waals surface area contributed by atoms with Gasteiger partial charge < -0.3 is 10.3 Å². The van der Waals surface area contributed by atoms with Gasteiger partial charge in [-0.2, -0.15) is 0 Å². The van der Waals surface area contributed by atoms with Gasteiger partial charge in [-0.05, 0) is 36.8 Å². The lowest BCUT2D eigenvalue weighted by Gasteiger charge is -2.14. The second-order valence-corrected chi connectivity index (χ2v) is 6.24. The Kier molecular flexibility index (Phi) is 4.30. The van der Waals surface area contributed by atoms with Crippen LogP contribution in [0.4, 0.5) is 0 Å². The molecule has 2 aromatic carbocycles. The molecule has 0 fully saturated rings. The number of hydrogen-bond acceptors (Lipinski definition) is 2. The number of rotatable bonds is 3. The molecule has 5 heteroatoms. The van der Waals surface area contributed by atoms with Crippen LogP contribution in [0.3, 0.4) is 0 Å². The summed E-state index contributed by atoms with van der Waals surface area (Å²) < 4.78 is 0.944. The molecule has 23 heavy (non-hydrogen) atoms. The van der Waals surface area contributed by atoms with E-state index < -0.39 is 0 Å². The van der Waals surface area contributed by atoms with E-state index >= 15 is 0 Å². The lowest BCUT2D eigenvalue weighted by molar-refractivity contribution is 0.0938. The number of benzene rings is 2. The van der Waals surface area contributed by atoms with E-state index in [0.29, 0.717) is 10.9 Å². The highest BCUT2D eigenvalue weighted by Crippen LogP contribution is 2.18. The van der Waals surface area contributed by atoms with Crippen molar-refractivity contribution in [1.29, 1.82) is 0 Å². The predicted octanol–water partition coefficient (Wildman–Crippen LogP) is 3.78. The Morgan fingerprint density at radius 3 is 2.74 bits per heavy atom. The minimum absolute atomic E-state index is 0.116. The normalized spacial score (nSPS) is 12.1. The summed E-state index contributed by atoms with van der Waals surface area (Å²) in [6.45, 7) is 1.88. The summed E-state index contributed by atoms with van der Waals surface area (Å²) in [7, 11) is 0. The van der Waals surface area contributed by atoms with Crippen molar-refractivity contribution in [2.45, 2.75) is 13.0 Å². The highest BCUT2D eigenvalue weighted by molar-refractivity contribution is 9.10. The van der Waals surface area contributed by atoms with Crippen LogP contribution in [0.2, 0.25) is 0 Å². The van der Waals surface area contributed by atoms with E-state index in [1.807, 2.05) is 43.3 Å². The molecular formula is C18H15BrN2O2. The van der Waals surface area contributed by atoms with E-state index in [9.17, 15) is 9.59 Å². The topological polar surface area (TPSA) is 62.0 Å². The Bertz CT molecular complexity index is 933. The monoisotopic (exact) mass is 370 g/mol. The fourth-order valence-corrected chi connectivity index (χ4v) is 2.89. The molecule has 116 valence electrons. The molecule has 0 saturated heterocycles. The van der Waals surface area contributed by atoms with E-state index in [1.165, 1.54) is 6.20 Å². The number of nitrogens with one attached hydrogen (secondary N) is 2. The van der Waals surface area contributed by atoms with Crippen LogP contribution < -0.4 is 10.7 Å². The van der Waals surface area contributed by atoms with Crippen molar-refractivity contribution >= 4 is 32.7 Å². The molecular weight excluding hydrogens is 356 g/mol. The molecule has 0 unspecified atom stereocenters. The second-order valence-electron chi connectivity index (χ2n) is 5.33. The standard InChI is InChI=1S/C18H15BrN2O2/c1-11(12-5-4-6-13(19)9-12)21-18(23)15-10-20-16-8-3-2-7-14(16)17(15)22/h2-11H,1H3,(H,20,22)(H,21,23)/t11-/m1/s1. The molecule has 1 amide bonds. The predicted molar refractivity (Wildman–Crippen MR) is 94.6 cm³/mol. The summed E-state index contributed by atoms with van der Waals surface area (Å²) in [5.74, 6) is -0.385. The van der Waals surface area contributed by atoms with Crippen molar-refractivity contribution in [3.8, 4) is 0 Å². The van der Waals surface area contributed by atoms with E-state index in [-0.39, 0.29) is 22.9 Å². The third-order valence-corrected chi connectivity index (χ3v) is 4.22. The summed E-state index contributed by atoms with van der Waals surface area (Å²) in [6, 6.07) is 14.6. The fourth-order valence-electron chi connectivity index (χ4n) is 2.47. The SMILES string of the molecule is C[C@@H](NC(=O)c1c[nH]c2ccccc2c1=O)c1cccc(Br)c1. The van der Waals surface area contributed by atoms with Gasteiger partial charge in [0.05, 0.1) is 6.04 Å². The van der Waals surface area contributed by atoms with Crippen molar-refractivity contribution < 1.29 is 4.79 Å². The van der Waals surface area contributed by atoms with Crippen LogP contribution in [0, 0.1) is 0 Å². The molecule has 4 nitrogen and oxygen atoms in total. The molecule has 0 aliphatic rings. The zero-order valence-corrected chi connectivity index (χ0v) is 14.1. The van der Waals surface area contributed by atoms with Gasteiger partial charge in [-0.1, -0.05) is 40.2 Å². The van der Waals surface area contributed by atoms with Crippen molar-refractivity contribution in [2.24, 2.45) is 0 Å². The largest absolute Gasteiger partial charge is 0.360 e. The van der Waals surface area contributed by atoms with E-state index in [4.69, 9.17) is 0 Å². The van der Waals surface area contributed by atoms with Crippen molar-refractivity contribution in [2.75, 3.05) is 0 Å². The van der Waals surface area contributed by atoms with E-state index in [1.54, 1.807) is 12.1 Å². The third-order valence-electron chi connectivity index (χ3n) is 3.73. The summed E-state index contributed by atoms with van der Waals surface area (Å²) in [6.07, 6.45) is 1.47. The average molecular weight is 371 g/mol. The first kappa shape index (κ1) is 15.5. The average Bonchev–Trinajstić information content (AvgIpc) is 2.55. The minimum atomic E-state index is -0.385. The number of H-pyrrole nitrogens is 1. The van der Waals surface area contributed by atoms with Gasteiger partial charge in [0.25, 0.3) is 5.91 Å². The highest BCUT2D eigenvalue weighted by Gasteiger charge is 2.16. The number of pyridine rings is 1. The first-order valence-electron chi connectivity index (χ1n) is 7.23. The maximum atomic E-state index is 12.5. The smallest absolute Gasteiger partial charge is 0.257 e. The molecule has 3 rings (SSSR count). The highest BCUT2D eigenvalue weighted by atomic mass is 79.9. The Morgan fingerprint density at radius 2 is 1.96 bits per heavy atom. The van der Waals surface area contributed by atoms with Crippen molar-refractivity contribution in [3.05, 3.63) is 80.6 Å². The number of hydrogen-bond donors (Lipinski definition) is 2. The summed E-state index contributed by atoms with van der Waals surface area (Å²) in [5.41, 5.74) is 1.53. The lowest BCUT2D eigenvalue weighted by atomic mass is 10.1. The third kappa shape index (κ3) is 3.19. The second kappa shape index (κ2) is 6.38. The van der Waals surface area contributed by atoms with Gasteiger partial charge in [0, 0.05) is 21.6 Å². The Balaban J connectivity index is 1.89. The van der Waals surface area contributed by atoms with E-state index in [0.717, 1.165) is 10.0 Å². The Labute approximate surface area is 141 Å². The number of carbonyl (C=O) groups is 1. The van der Waals surface area contributed by atoms with E-state index in [2.05, 4.69) is 26.2 Å². The molecule has 2 N–H and O–H groups in total. The van der Waals surface area contributed by atoms with Crippen LogP contribution in [0.1, 0.15) is 28.9 Å². The molecule has 1 aromatic heterocycles. The van der Waals surface area contributed by atoms with Crippen molar-refractivity contribution in [3.63, 3.8) is 0 Å². The minimum Gasteiger partial charge on any atom is -0.360 e. The maximum absolute atomic E-state index is 12.5. The van der Waals surface area contributed by atoms with Gasteiger partial charge in [0.2, 0.25) is 5.43 Å². The molecule has 0 saturated carbocycles. The molecule has 1 heterocycles. The van der Waals surface area contributed by atoms with Gasteiger partial charge in [-0.15, -0.1) is 0 Å². The zero-order valence-electron chi connectivity index (χ0n) is 12.5. The Hall–Kier alpha value is -2.40. The van der Waals surface area contributed by atoms with Crippen LogP contribution in [-0.4, -0.2) is 10.9 Å². The Morgan fingerprint density at radius 1 is 1.17 bits per heavy atom. The number of halogens is 1. The van der Waals surface area contributed by atoms with Gasteiger partial charge in [0.15, 0.2) is 0 Å². The van der Waals surface area contributed by atoms with Gasteiger partial charge in [-0.25, -0.2) is 0 Å². The molecule has 0 aliphatic heterocycles. The molecule has 0 bridgehead atoms. The molecule has 3 aromatic rings. The number of aromatic amines is 1. The molecule has 0 spiro atoms. The number of fused-ring (bicyclic) bond motifs is 1. The van der Waals surface area contributed by atoms with Crippen molar-refractivity contribution in [1.82, 2.24) is 10.3 Å². The van der Waals surface area contributed by atoms with Gasteiger partial charge in [0.1, 0.15) is 5.56 Å². The first-order valence-corrected chi connectivity index (χ1v) is 8.02. The summed E-state index contributed by atoms with van der Waals surface area (Å²) >= 11 is 3.41. The van der Waals surface area contributed by atoms with Gasteiger partial charge >= 0.3 is 0 Å². The lowest BCUT2D eigenvalue weighted by Crippen LogP contribution is -2.31. The van der Waals surface area contributed by atoms with Crippen LogP contribution in [0.25, 0.3) is 10.9 Å². The quantitative estimate of drug-likeness (QED) is 0.736. The molecule has 0 aliphatic carbocycles. The van der Waals surface area contributed by atoms with Gasteiger partial charge in [-0.3, -0.25) is 9.59 Å². The fraction of sp³-hybridized carbons (Fsp3) is 0.111. The molecule has 0 radical (unpaired) electrons. The first-order chi connectivity index (χ1) is 11.1. The zero-order chi connectivity index (χ0) is 16.4. The van der Waals surface area contributed by atoms with Crippen LogP contribution in [0.15, 0.2) is 64.0 Å².